The van der Waals surface area contributed by atoms with Gasteiger partial charge in [0.15, 0.2) is 0 Å². The summed E-state index contributed by atoms with van der Waals surface area (Å²) >= 11 is 0. The van der Waals surface area contributed by atoms with Gasteiger partial charge in [-0.3, -0.25) is 20.2 Å². The van der Waals surface area contributed by atoms with Crippen LogP contribution in [0.2, 0.25) is 0 Å². The lowest BCUT2D eigenvalue weighted by Crippen LogP contribution is -2.13. The van der Waals surface area contributed by atoms with Crippen LogP contribution in [0.25, 0.3) is 0 Å². The molecule has 1 rings (SSSR count). The summed E-state index contributed by atoms with van der Waals surface area (Å²) in [6.07, 6.45) is 0. The fraction of sp³-hybridized carbons (Fsp3) is 0.417. The standard InChI is InChI=1S/C12H14N2O8/c1-20-2-3-21-4-5-22-12(15)9-6-10(13(16)17)8-11(7-9)14(18)19/h6-8H,2-5H2,1H3. The predicted molar refractivity (Wildman–Crippen MR) is 72.7 cm³/mol. The summed E-state index contributed by atoms with van der Waals surface area (Å²) in [5.74, 6) is -0.901. The smallest absolute Gasteiger partial charge is 0.338 e. The van der Waals surface area contributed by atoms with E-state index in [-0.39, 0.29) is 18.8 Å². The molecule has 22 heavy (non-hydrogen) atoms. The Morgan fingerprint density at radius 2 is 1.55 bits per heavy atom. The van der Waals surface area contributed by atoms with Gasteiger partial charge in [-0.05, 0) is 0 Å². The highest BCUT2D eigenvalue weighted by molar-refractivity contribution is 5.91. The molecule has 10 nitrogen and oxygen atoms in total. The van der Waals surface area contributed by atoms with Crippen LogP contribution < -0.4 is 0 Å². The number of esters is 1. The number of nitrogens with zero attached hydrogens (tertiary/aromatic N) is 2. The van der Waals surface area contributed by atoms with Crippen molar-refractivity contribution in [2.24, 2.45) is 0 Å². The minimum atomic E-state index is -0.901. The Bertz CT molecular complexity index is 528. The molecule has 1 aromatic carbocycles. The Balaban J connectivity index is 2.68. The molecular formula is C12H14N2O8. The van der Waals surface area contributed by atoms with Gasteiger partial charge in [0.25, 0.3) is 11.4 Å². The van der Waals surface area contributed by atoms with E-state index in [4.69, 9.17) is 14.2 Å². The van der Waals surface area contributed by atoms with Crippen molar-refractivity contribution in [1.82, 2.24) is 0 Å². The van der Waals surface area contributed by atoms with Crippen molar-refractivity contribution in [2.45, 2.75) is 0 Å². The number of non-ortho nitro benzene ring substituents is 2. The topological polar surface area (TPSA) is 131 Å². The van der Waals surface area contributed by atoms with Crippen LogP contribution in [0, 0.1) is 20.2 Å². The lowest BCUT2D eigenvalue weighted by molar-refractivity contribution is -0.394. The van der Waals surface area contributed by atoms with Gasteiger partial charge in [-0.2, -0.15) is 0 Å². The van der Waals surface area contributed by atoms with E-state index >= 15 is 0 Å². The first-order valence-electron chi connectivity index (χ1n) is 6.13. The Labute approximate surface area is 124 Å². The second kappa shape index (κ2) is 8.64. The van der Waals surface area contributed by atoms with Crippen molar-refractivity contribution in [3.05, 3.63) is 44.0 Å². The van der Waals surface area contributed by atoms with Gasteiger partial charge < -0.3 is 14.2 Å². The number of benzene rings is 1. The van der Waals surface area contributed by atoms with Crippen molar-refractivity contribution < 1.29 is 28.9 Å². The SMILES string of the molecule is COCCOCCOC(=O)c1cc([N+](=O)[O-])cc([N+](=O)[O-])c1. The molecule has 0 unspecified atom stereocenters. The van der Waals surface area contributed by atoms with Gasteiger partial charge >= 0.3 is 5.97 Å². The number of nitro groups is 2. The van der Waals surface area contributed by atoms with Crippen LogP contribution >= 0.6 is 0 Å². The summed E-state index contributed by atoms with van der Waals surface area (Å²) in [5, 5.41) is 21.4. The number of methoxy groups -OCH3 is 1. The molecule has 0 fully saturated rings. The third kappa shape index (κ3) is 5.42. The number of hydrogen-bond acceptors (Lipinski definition) is 8. The zero-order valence-corrected chi connectivity index (χ0v) is 11.7. The fourth-order valence-electron chi connectivity index (χ4n) is 1.44. The molecule has 0 bridgehead atoms. The monoisotopic (exact) mass is 314 g/mol. The lowest BCUT2D eigenvalue weighted by atomic mass is 10.2. The van der Waals surface area contributed by atoms with E-state index in [1.807, 2.05) is 0 Å². The molecule has 10 heteroatoms. The van der Waals surface area contributed by atoms with Crippen molar-refractivity contribution in [2.75, 3.05) is 33.5 Å². The van der Waals surface area contributed by atoms with E-state index in [0.717, 1.165) is 18.2 Å². The first-order chi connectivity index (χ1) is 10.5. The quantitative estimate of drug-likeness (QED) is 0.288. The molecule has 0 heterocycles. The third-order valence-electron chi connectivity index (χ3n) is 2.45. The maximum atomic E-state index is 11.7. The number of carbonyl (C=O) groups excluding carboxylic acids is 1. The molecule has 0 aliphatic carbocycles. The highest BCUT2D eigenvalue weighted by Crippen LogP contribution is 2.23. The summed E-state index contributed by atoms with van der Waals surface area (Å²) in [6, 6.07) is 2.60. The molecule has 0 spiro atoms. The van der Waals surface area contributed by atoms with E-state index in [1.165, 1.54) is 7.11 Å². The van der Waals surface area contributed by atoms with Gasteiger partial charge in [-0.25, -0.2) is 4.79 Å². The van der Waals surface area contributed by atoms with E-state index in [0.29, 0.717) is 13.2 Å². The first kappa shape index (κ1) is 17.5. The number of carbonyl (C=O) groups is 1. The van der Waals surface area contributed by atoms with Crippen LogP contribution in [-0.4, -0.2) is 49.4 Å². The van der Waals surface area contributed by atoms with E-state index in [2.05, 4.69) is 0 Å². The highest BCUT2D eigenvalue weighted by atomic mass is 16.6. The molecule has 0 atom stereocenters. The van der Waals surface area contributed by atoms with E-state index in [9.17, 15) is 25.0 Å². The Morgan fingerprint density at radius 1 is 1.00 bits per heavy atom. The zero-order chi connectivity index (χ0) is 16.5. The molecule has 0 saturated heterocycles. The summed E-state index contributed by atoms with van der Waals surface area (Å²) in [4.78, 5) is 31.5. The normalized spacial score (nSPS) is 10.2. The van der Waals surface area contributed by atoms with Crippen molar-refractivity contribution in [1.29, 1.82) is 0 Å². The maximum Gasteiger partial charge on any atom is 0.338 e. The molecular weight excluding hydrogens is 300 g/mol. The summed E-state index contributed by atoms with van der Waals surface area (Å²) in [5.41, 5.74) is -1.38. The zero-order valence-electron chi connectivity index (χ0n) is 11.7. The second-order valence-electron chi connectivity index (χ2n) is 3.99. The molecule has 0 N–H and O–H groups in total. The van der Waals surface area contributed by atoms with Gasteiger partial charge in [0.1, 0.15) is 6.61 Å². The lowest BCUT2D eigenvalue weighted by Gasteiger charge is -2.06. The molecule has 0 aliphatic heterocycles. The van der Waals surface area contributed by atoms with Gasteiger partial charge in [-0.1, -0.05) is 0 Å². The molecule has 120 valence electrons. The summed E-state index contributed by atoms with van der Waals surface area (Å²) in [6.45, 7) is 0.756. The largest absolute Gasteiger partial charge is 0.460 e. The number of hydrogen-bond donors (Lipinski definition) is 0. The van der Waals surface area contributed by atoms with Crippen LogP contribution in [0.5, 0.6) is 0 Å². The van der Waals surface area contributed by atoms with Gasteiger partial charge in [0.2, 0.25) is 0 Å². The number of nitro benzene ring substituents is 2. The molecule has 0 radical (unpaired) electrons. The molecule has 0 amide bonds. The summed E-state index contributed by atoms with van der Waals surface area (Å²) < 4.78 is 14.6. The number of rotatable bonds is 9. The first-order valence-corrected chi connectivity index (χ1v) is 6.13. The maximum absolute atomic E-state index is 11.7. The highest BCUT2D eigenvalue weighted by Gasteiger charge is 2.20. The van der Waals surface area contributed by atoms with Crippen molar-refractivity contribution >= 4 is 17.3 Å². The van der Waals surface area contributed by atoms with Gasteiger partial charge in [0.05, 0.1) is 41.3 Å². The van der Waals surface area contributed by atoms with Crippen LogP contribution in [0.3, 0.4) is 0 Å². The van der Waals surface area contributed by atoms with Crippen LogP contribution in [0.4, 0.5) is 11.4 Å². The average Bonchev–Trinajstić information content (AvgIpc) is 2.49. The third-order valence-corrected chi connectivity index (χ3v) is 2.45. The average molecular weight is 314 g/mol. The van der Waals surface area contributed by atoms with E-state index < -0.39 is 27.2 Å². The van der Waals surface area contributed by atoms with Crippen LogP contribution in [-0.2, 0) is 14.2 Å². The summed E-state index contributed by atoms with van der Waals surface area (Å²) in [7, 11) is 1.51. The minimum absolute atomic E-state index is 0.0843. The van der Waals surface area contributed by atoms with Crippen molar-refractivity contribution in [3.63, 3.8) is 0 Å². The Kier molecular flexibility index (Phi) is 6.86. The predicted octanol–water partition coefficient (Wildman–Crippen LogP) is 1.32. The van der Waals surface area contributed by atoms with Crippen molar-refractivity contribution in [3.8, 4) is 0 Å². The van der Waals surface area contributed by atoms with Gasteiger partial charge in [-0.15, -0.1) is 0 Å². The number of ether oxygens (including phenoxy) is 3. The van der Waals surface area contributed by atoms with Crippen LogP contribution in [0.15, 0.2) is 18.2 Å². The Hall–Kier alpha value is -2.59. The molecule has 0 saturated carbocycles. The van der Waals surface area contributed by atoms with E-state index in [1.54, 1.807) is 0 Å². The second-order valence-corrected chi connectivity index (χ2v) is 3.99. The molecule has 0 aromatic heterocycles. The van der Waals surface area contributed by atoms with Crippen LogP contribution in [0.1, 0.15) is 10.4 Å². The minimum Gasteiger partial charge on any atom is -0.460 e. The Morgan fingerprint density at radius 3 is 2.05 bits per heavy atom. The fourth-order valence-corrected chi connectivity index (χ4v) is 1.44. The molecule has 0 aliphatic rings. The molecule has 1 aromatic rings. The van der Waals surface area contributed by atoms with Gasteiger partial charge in [0, 0.05) is 19.2 Å².